The summed E-state index contributed by atoms with van der Waals surface area (Å²) in [6.45, 7) is 8.10. The van der Waals surface area contributed by atoms with Crippen molar-refractivity contribution in [3.05, 3.63) is 30.1 Å². The highest BCUT2D eigenvalue weighted by Crippen LogP contribution is 2.20. The zero-order valence-electron chi connectivity index (χ0n) is 11.2. The maximum atomic E-state index is 12.1. The van der Waals surface area contributed by atoms with E-state index in [4.69, 9.17) is 0 Å². The molecule has 0 aromatic carbocycles. The van der Waals surface area contributed by atoms with Gasteiger partial charge >= 0.3 is 0 Å². The minimum atomic E-state index is -0.367. The number of nitrogens with one attached hydrogen (secondary N) is 1. The van der Waals surface area contributed by atoms with Crippen molar-refractivity contribution in [2.45, 2.75) is 46.1 Å². The second-order valence-corrected chi connectivity index (χ2v) is 4.87. The van der Waals surface area contributed by atoms with Crippen LogP contribution in [0.3, 0.4) is 0 Å². The van der Waals surface area contributed by atoms with Crippen molar-refractivity contribution in [2.24, 2.45) is 5.92 Å². The molecule has 0 aliphatic heterocycles. The fourth-order valence-electron chi connectivity index (χ4n) is 1.87. The molecule has 1 heterocycles. The van der Waals surface area contributed by atoms with E-state index in [2.05, 4.69) is 10.3 Å². The monoisotopic (exact) mass is 234 g/mol. The summed E-state index contributed by atoms with van der Waals surface area (Å²) in [4.78, 5) is 16.2. The van der Waals surface area contributed by atoms with Crippen LogP contribution in [0.4, 0.5) is 0 Å². The normalized spacial score (nSPS) is 11.6. The lowest BCUT2D eigenvalue weighted by Crippen LogP contribution is -2.43. The van der Waals surface area contributed by atoms with Crippen LogP contribution in [0.25, 0.3) is 0 Å². The van der Waals surface area contributed by atoms with Crippen LogP contribution in [0.1, 0.15) is 46.1 Å². The van der Waals surface area contributed by atoms with Gasteiger partial charge in [-0.25, -0.2) is 0 Å². The molecule has 0 spiro atoms. The molecule has 1 amide bonds. The van der Waals surface area contributed by atoms with E-state index < -0.39 is 0 Å². The molecule has 1 N–H and O–H groups in total. The van der Waals surface area contributed by atoms with E-state index in [-0.39, 0.29) is 17.4 Å². The van der Waals surface area contributed by atoms with Crippen molar-refractivity contribution in [1.82, 2.24) is 10.3 Å². The number of hydrogen-bond donors (Lipinski definition) is 1. The number of rotatable bonds is 5. The fraction of sp³-hybridized carbons (Fsp3) is 0.571. The van der Waals surface area contributed by atoms with Crippen LogP contribution in [0, 0.1) is 5.92 Å². The summed E-state index contributed by atoms with van der Waals surface area (Å²) in [5, 5.41) is 3.10. The van der Waals surface area contributed by atoms with E-state index in [1.54, 1.807) is 12.4 Å². The molecule has 94 valence electrons. The fourth-order valence-corrected chi connectivity index (χ4v) is 1.87. The first kappa shape index (κ1) is 13.7. The Morgan fingerprint density at radius 1 is 1.41 bits per heavy atom. The van der Waals surface area contributed by atoms with Gasteiger partial charge in [-0.1, -0.05) is 19.9 Å². The highest BCUT2D eigenvalue weighted by Gasteiger charge is 2.25. The predicted octanol–water partition coefficient (Wildman–Crippen LogP) is 2.87. The molecular weight excluding hydrogens is 212 g/mol. The van der Waals surface area contributed by atoms with Crippen molar-refractivity contribution >= 4 is 5.91 Å². The molecule has 0 atom stereocenters. The van der Waals surface area contributed by atoms with Gasteiger partial charge in [-0.2, -0.15) is 0 Å². The molecule has 0 radical (unpaired) electrons. The quantitative estimate of drug-likeness (QED) is 0.851. The third kappa shape index (κ3) is 3.55. The number of carbonyl (C=O) groups is 1. The standard InChI is InChI=1S/C14H22N2O/c1-5-11(6-2)13(17)16-14(3,4)12-8-7-9-15-10-12/h7-11H,5-6H2,1-4H3,(H,16,17). The molecule has 0 saturated carbocycles. The third-order valence-electron chi connectivity index (χ3n) is 3.18. The lowest BCUT2D eigenvalue weighted by molar-refractivity contribution is -0.126. The number of aromatic nitrogens is 1. The number of amides is 1. The molecule has 0 bridgehead atoms. The molecule has 0 unspecified atom stereocenters. The Labute approximate surface area is 104 Å². The zero-order chi connectivity index (χ0) is 12.9. The Kier molecular flexibility index (Phi) is 4.67. The summed E-state index contributed by atoms with van der Waals surface area (Å²) in [6, 6.07) is 3.88. The Morgan fingerprint density at radius 2 is 2.06 bits per heavy atom. The van der Waals surface area contributed by atoms with Crippen LogP contribution in [0.15, 0.2) is 24.5 Å². The number of nitrogens with zero attached hydrogens (tertiary/aromatic N) is 1. The smallest absolute Gasteiger partial charge is 0.223 e. The second kappa shape index (κ2) is 5.80. The molecule has 3 nitrogen and oxygen atoms in total. The lowest BCUT2D eigenvalue weighted by Gasteiger charge is -2.28. The van der Waals surface area contributed by atoms with E-state index in [0.717, 1.165) is 18.4 Å². The molecule has 3 heteroatoms. The minimum Gasteiger partial charge on any atom is -0.347 e. The van der Waals surface area contributed by atoms with Crippen LogP contribution in [-0.4, -0.2) is 10.9 Å². The first-order valence-corrected chi connectivity index (χ1v) is 6.23. The van der Waals surface area contributed by atoms with E-state index in [1.807, 2.05) is 39.8 Å². The molecule has 0 saturated heterocycles. The molecular formula is C14H22N2O. The van der Waals surface area contributed by atoms with E-state index in [9.17, 15) is 4.79 Å². The Hall–Kier alpha value is -1.38. The van der Waals surface area contributed by atoms with Crippen molar-refractivity contribution in [3.63, 3.8) is 0 Å². The minimum absolute atomic E-state index is 0.103. The summed E-state index contributed by atoms with van der Waals surface area (Å²) in [6.07, 6.45) is 5.30. The van der Waals surface area contributed by atoms with E-state index in [1.165, 1.54) is 0 Å². The Morgan fingerprint density at radius 3 is 2.53 bits per heavy atom. The molecule has 1 aromatic rings. The average molecular weight is 234 g/mol. The van der Waals surface area contributed by atoms with Gasteiger partial charge in [0.1, 0.15) is 0 Å². The van der Waals surface area contributed by atoms with E-state index >= 15 is 0 Å². The van der Waals surface area contributed by atoms with E-state index in [0.29, 0.717) is 0 Å². The maximum Gasteiger partial charge on any atom is 0.223 e. The SMILES string of the molecule is CCC(CC)C(=O)NC(C)(C)c1cccnc1. The number of carbonyl (C=O) groups excluding carboxylic acids is 1. The van der Waals surface area contributed by atoms with Crippen molar-refractivity contribution in [1.29, 1.82) is 0 Å². The summed E-state index contributed by atoms with van der Waals surface area (Å²) < 4.78 is 0. The van der Waals surface area contributed by atoms with Gasteiger partial charge < -0.3 is 5.32 Å². The topological polar surface area (TPSA) is 42.0 Å². The van der Waals surface area contributed by atoms with Crippen LogP contribution >= 0.6 is 0 Å². The van der Waals surface area contributed by atoms with Crippen LogP contribution < -0.4 is 5.32 Å². The van der Waals surface area contributed by atoms with Crippen LogP contribution in [-0.2, 0) is 10.3 Å². The molecule has 17 heavy (non-hydrogen) atoms. The van der Waals surface area contributed by atoms with Gasteiger partial charge in [0.25, 0.3) is 0 Å². The third-order valence-corrected chi connectivity index (χ3v) is 3.18. The van der Waals surface area contributed by atoms with Gasteiger partial charge in [0.05, 0.1) is 5.54 Å². The van der Waals surface area contributed by atoms with Gasteiger partial charge in [0.15, 0.2) is 0 Å². The second-order valence-electron chi connectivity index (χ2n) is 4.87. The van der Waals surface area contributed by atoms with Gasteiger partial charge in [-0.3, -0.25) is 9.78 Å². The zero-order valence-corrected chi connectivity index (χ0v) is 11.2. The first-order valence-electron chi connectivity index (χ1n) is 6.23. The van der Waals surface area contributed by atoms with Crippen molar-refractivity contribution in [2.75, 3.05) is 0 Å². The predicted molar refractivity (Wildman–Crippen MR) is 69.5 cm³/mol. The van der Waals surface area contributed by atoms with Gasteiger partial charge in [0.2, 0.25) is 5.91 Å². The maximum absolute atomic E-state index is 12.1. The van der Waals surface area contributed by atoms with Gasteiger partial charge in [0, 0.05) is 18.3 Å². The van der Waals surface area contributed by atoms with Gasteiger partial charge in [-0.15, -0.1) is 0 Å². The molecule has 0 aliphatic carbocycles. The largest absolute Gasteiger partial charge is 0.347 e. The molecule has 0 fully saturated rings. The number of pyridine rings is 1. The summed E-state index contributed by atoms with van der Waals surface area (Å²) in [7, 11) is 0. The highest BCUT2D eigenvalue weighted by atomic mass is 16.2. The Balaban J connectivity index is 2.76. The first-order chi connectivity index (χ1) is 8.01. The summed E-state index contributed by atoms with van der Waals surface area (Å²) in [5.74, 6) is 0.231. The molecule has 0 aliphatic rings. The summed E-state index contributed by atoms with van der Waals surface area (Å²) in [5.41, 5.74) is 0.660. The summed E-state index contributed by atoms with van der Waals surface area (Å²) >= 11 is 0. The molecule has 1 aromatic heterocycles. The van der Waals surface area contributed by atoms with Gasteiger partial charge in [-0.05, 0) is 38.3 Å². The van der Waals surface area contributed by atoms with Crippen LogP contribution in [0.2, 0.25) is 0 Å². The van der Waals surface area contributed by atoms with Crippen LogP contribution in [0.5, 0.6) is 0 Å². The lowest BCUT2D eigenvalue weighted by atomic mass is 9.93. The van der Waals surface area contributed by atoms with Crippen molar-refractivity contribution in [3.8, 4) is 0 Å². The Bertz CT molecular complexity index is 356. The molecule has 1 rings (SSSR count). The highest BCUT2D eigenvalue weighted by molar-refractivity contribution is 5.79. The van der Waals surface area contributed by atoms with Crippen molar-refractivity contribution < 1.29 is 4.79 Å². The average Bonchev–Trinajstić information content (AvgIpc) is 2.31. The number of hydrogen-bond acceptors (Lipinski definition) is 2.